The molecule has 5 heterocycles. The number of carbonyl (C=O) groups is 2. The number of aromatic amines is 1. The molecule has 1 unspecified atom stereocenters. The van der Waals surface area contributed by atoms with Crippen LogP contribution in [0.4, 0.5) is 0 Å². The van der Waals surface area contributed by atoms with Gasteiger partial charge in [-0.15, -0.1) is 11.3 Å². The van der Waals surface area contributed by atoms with E-state index in [1.165, 1.54) is 15.3 Å². The molecule has 2 fully saturated rings. The molecule has 18 heteroatoms. The van der Waals surface area contributed by atoms with Crippen molar-refractivity contribution in [1.29, 1.82) is 0 Å². The molecular formula is C25H30ClN7O7S3. The summed E-state index contributed by atoms with van der Waals surface area (Å²) in [5, 5.41) is 6.58. The summed E-state index contributed by atoms with van der Waals surface area (Å²) in [6.45, 7) is 1.79. The highest BCUT2D eigenvalue weighted by Gasteiger charge is 2.40. The number of nitrogens with zero attached hydrogens (tertiary/aromatic N) is 5. The monoisotopic (exact) mass is 671 g/mol. The summed E-state index contributed by atoms with van der Waals surface area (Å²) in [4.78, 5) is 38.4. The van der Waals surface area contributed by atoms with Crippen molar-refractivity contribution < 1.29 is 31.2 Å². The van der Waals surface area contributed by atoms with Gasteiger partial charge in [0, 0.05) is 72.9 Å². The number of piperazine rings is 1. The van der Waals surface area contributed by atoms with Crippen molar-refractivity contribution in [2.24, 2.45) is 5.14 Å². The van der Waals surface area contributed by atoms with Gasteiger partial charge in [-0.1, -0.05) is 11.6 Å². The van der Waals surface area contributed by atoms with E-state index in [1.807, 2.05) is 0 Å². The Balaban J connectivity index is 1.26. The van der Waals surface area contributed by atoms with Gasteiger partial charge in [-0.25, -0.2) is 18.5 Å². The summed E-state index contributed by atoms with van der Waals surface area (Å²) in [6.07, 6.45) is 0.237. The van der Waals surface area contributed by atoms with Gasteiger partial charge in [-0.3, -0.25) is 9.59 Å². The van der Waals surface area contributed by atoms with Gasteiger partial charge in [-0.2, -0.15) is 17.0 Å². The van der Waals surface area contributed by atoms with Crippen LogP contribution < -0.4 is 5.14 Å². The molecule has 6 rings (SSSR count). The maximum Gasteiger partial charge on any atom is 0.283 e. The van der Waals surface area contributed by atoms with Gasteiger partial charge in [0.05, 0.1) is 31.5 Å². The van der Waals surface area contributed by atoms with Crippen molar-refractivity contribution in [2.75, 3.05) is 52.5 Å². The van der Waals surface area contributed by atoms with Crippen LogP contribution in [-0.2, 0) is 42.7 Å². The van der Waals surface area contributed by atoms with E-state index in [0.29, 0.717) is 59.2 Å². The van der Waals surface area contributed by atoms with Crippen LogP contribution in [0.3, 0.4) is 0 Å². The Morgan fingerprint density at radius 1 is 1.07 bits per heavy atom. The average molecular weight is 672 g/mol. The summed E-state index contributed by atoms with van der Waals surface area (Å²) >= 11 is 7.17. The number of rotatable bonds is 6. The number of morpholine rings is 1. The number of sulfonamides is 1. The SMILES string of the molecule is NS(=O)(=O)N1CCc2nc(C(=O)N3CCN(S(=O)(=O)c4cc5cc(Cl)ccc5[nH]4)CC3CC(=O)N3CCOCC3)sc2C1. The van der Waals surface area contributed by atoms with E-state index >= 15 is 0 Å². The van der Waals surface area contributed by atoms with E-state index < -0.39 is 32.2 Å². The number of thiazole rings is 1. The summed E-state index contributed by atoms with van der Waals surface area (Å²) in [5.74, 6) is -0.633. The Hall–Kier alpha value is -2.64. The number of hydrogen-bond acceptors (Lipinski definition) is 9. The van der Waals surface area contributed by atoms with E-state index in [9.17, 15) is 26.4 Å². The Labute approximate surface area is 257 Å². The quantitative estimate of drug-likeness (QED) is 0.382. The summed E-state index contributed by atoms with van der Waals surface area (Å²) in [7, 11) is -7.89. The average Bonchev–Trinajstić information content (AvgIpc) is 3.61. The standard InChI is InChI=1S/C25H30ClN7O7S3/c26-17-1-2-19-16(11-17)12-22(28-19)42(36,37)31-5-6-33(18(14-31)13-23(34)30-7-9-40-10-8-30)25(35)24-29-20-3-4-32(43(27,38)39)15-21(20)41-24/h1-2,11-12,18,28H,3-10,13-15H2,(H2,27,38,39). The number of halogens is 1. The van der Waals surface area contributed by atoms with Crippen molar-refractivity contribution >= 4 is 65.9 Å². The number of ether oxygens (including phenoxy) is 1. The Morgan fingerprint density at radius 2 is 1.84 bits per heavy atom. The molecule has 1 aromatic carbocycles. The molecule has 0 bridgehead atoms. The van der Waals surface area contributed by atoms with Gasteiger partial charge in [0.2, 0.25) is 5.91 Å². The van der Waals surface area contributed by atoms with Crippen molar-refractivity contribution in [3.8, 4) is 0 Å². The zero-order valence-corrected chi connectivity index (χ0v) is 26.1. The first-order valence-corrected chi connectivity index (χ1v) is 17.8. The minimum atomic E-state index is -4.00. The molecule has 43 heavy (non-hydrogen) atoms. The second kappa shape index (κ2) is 11.7. The number of nitrogens with two attached hydrogens (primary N) is 1. The number of benzene rings is 1. The summed E-state index contributed by atoms with van der Waals surface area (Å²) < 4.78 is 58.9. The number of hydrogen-bond donors (Lipinski definition) is 2. The molecule has 3 N–H and O–H groups in total. The zero-order chi connectivity index (χ0) is 30.5. The fraction of sp³-hybridized carbons (Fsp3) is 0.480. The van der Waals surface area contributed by atoms with Crippen molar-refractivity contribution in [3.63, 3.8) is 0 Å². The Kier molecular flexibility index (Phi) is 8.27. The molecule has 2 aromatic heterocycles. The topological polar surface area (TPSA) is 179 Å². The maximum atomic E-state index is 13.8. The first kappa shape index (κ1) is 30.4. The minimum absolute atomic E-state index is 0.00481. The van der Waals surface area contributed by atoms with Crippen LogP contribution in [0.1, 0.15) is 26.8 Å². The second-order valence-corrected chi connectivity index (χ2v) is 15.6. The van der Waals surface area contributed by atoms with Crippen LogP contribution in [0.2, 0.25) is 5.02 Å². The van der Waals surface area contributed by atoms with Crippen LogP contribution in [-0.4, -0.2) is 116 Å². The summed E-state index contributed by atoms with van der Waals surface area (Å²) in [6, 6.07) is 5.80. The fourth-order valence-electron chi connectivity index (χ4n) is 5.59. The van der Waals surface area contributed by atoms with Crippen molar-refractivity contribution in [2.45, 2.75) is 30.5 Å². The molecule has 14 nitrogen and oxygen atoms in total. The van der Waals surface area contributed by atoms with Crippen LogP contribution in [0.15, 0.2) is 29.3 Å². The molecule has 3 aromatic rings. The number of H-pyrrole nitrogens is 1. The van der Waals surface area contributed by atoms with E-state index in [2.05, 4.69) is 9.97 Å². The number of aromatic nitrogens is 2. The first-order valence-electron chi connectivity index (χ1n) is 13.6. The molecule has 1 atom stereocenters. The van der Waals surface area contributed by atoms with Crippen LogP contribution >= 0.6 is 22.9 Å². The molecule has 0 saturated carbocycles. The molecule has 2 saturated heterocycles. The predicted octanol–water partition coefficient (Wildman–Crippen LogP) is 0.604. The number of nitrogens with one attached hydrogen (secondary N) is 1. The second-order valence-electron chi connectivity index (χ2n) is 10.6. The smallest absolute Gasteiger partial charge is 0.283 e. The van der Waals surface area contributed by atoms with E-state index in [1.54, 1.807) is 23.1 Å². The highest BCUT2D eigenvalue weighted by molar-refractivity contribution is 7.89. The first-order chi connectivity index (χ1) is 20.4. The van der Waals surface area contributed by atoms with Crippen LogP contribution in [0.25, 0.3) is 10.9 Å². The third kappa shape index (κ3) is 6.17. The lowest BCUT2D eigenvalue weighted by atomic mass is 10.1. The molecule has 232 valence electrons. The summed E-state index contributed by atoms with van der Waals surface area (Å²) in [5.41, 5.74) is 1.25. The van der Waals surface area contributed by atoms with E-state index in [-0.39, 0.29) is 55.1 Å². The largest absolute Gasteiger partial charge is 0.378 e. The fourth-order valence-corrected chi connectivity index (χ4v) is 9.07. The maximum absolute atomic E-state index is 13.8. The Morgan fingerprint density at radius 3 is 2.58 bits per heavy atom. The number of amides is 2. The minimum Gasteiger partial charge on any atom is -0.378 e. The van der Waals surface area contributed by atoms with Gasteiger partial charge in [0.25, 0.3) is 26.1 Å². The number of fused-ring (bicyclic) bond motifs is 2. The Bertz CT molecular complexity index is 1790. The van der Waals surface area contributed by atoms with Gasteiger partial charge < -0.3 is 19.5 Å². The lowest BCUT2D eigenvalue weighted by molar-refractivity contribution is -0.136. The van der Waals surface area contributed by atoms with Gasteiger partial charge in [0.1, 0.15) is 5.03 Å². The lowest BCUT2D eigenvalue weighted by Gasteiger charge is -2.41. The van der Waals surface area contributed by atoms with E-state index in [0.717, 1.165) is 15.6 Å². The molecule has 0 aliphatic carbocycles. The highest BCUT2D eigenvalue weighted by Crippen LogP contribution is 2.30. The molecule has 2 amide bonds. The van der Waals surface area contributed by atoms with Crippen LogP contribution in [0.5, 0.6) is 0 Å². The molecular weight excluding hydrogens is 642 g/mol. The third-order valence-electron chi connectivity index (χ3n) is 7.90. The van der Waals surface area contributed by atoms with E-state index in [4.69, 9.17) is 21.5 Å². The molecule has 0 radical (unpaired) electrons. The van der Waals surface area contributed by atoms with Crippen LogP contribution in [0, 0.1) is 0 Å². The third-order valence-corrected chi connectivity index (χ3v) is 12.0. The van der Waals surface area contributed by atoms with Gasteiger partial charge in [-0.05, 0) is 24.3 Å². The molecule has 0 spiro atoms. The molecule has 3 aliphatic heterocycles. The van der Waals surface area contributed by atoms with Crippen molar-refractivity contribution in [1.82, 2.24) is 28.4 Å². The number of carbonyl (C=O) groups excluding carboxylic acids is 2. The van der Waals surface area contributed by atoms with Gasteiger partial charge >= 0.3 is 0 Å². The van der Waals surface area contributed by atoms with Gasteiger partial charge in [0.15, 0.2) is 5.01 Å². The zero-order valence-electron chi connectivity index (χ0n) is 22.9. The highest BCUT2D eigenvalue weighted by atomic mass is 35.5. The molecule has 3 aliphatic rings. The normalized spacial score (nSPS) is 20.8. The lowest BCUT2D eigenvalue weighted by Crippen LogP contribution is -2.58. The predicted molar refractivity (Wildman–Crippen MR) is 158 cm³/mol. The van der Waals surface area contributed by atoms with Crippen molar-refractivity contribution in [3.05, 3.63) is 44.9 Å².